The zero-order valence-electron chi connectivity index (χ0n) is 11.8. The first-order valence-corrected chi connectivity index (χ1v) is 6.21. The van der Waals surface area contributed by atoms with Crippen LogP contribution in [0, 0.1) is 19.3 Å². The zero-order chi connectivity index (χ0) is 14.8. The second-order valence-electron chi connectivity index (χ2n) is 5.91. The number of aliphatic carboxylic acids is 1. The molecule has 0 aliphatic heterocycles. The van der Waals surface area contributed by atoms with Crippen molar-refractivity contribution in [3.8, 4) is 0 Å². The van der Waals surface area contributed by atoms with E-state index < -0.39 is 23.7 Å². The Labute approximate surface area is 112 Å². The average Bonchev–Trinajstić information content (AvgIpc) is 2.17. The molecule has 19 heavy (non-hydrogen) atoms. The number of benzene rings is 1. The van der Waals surface area contributed by atoms with Gasteiger partial charge in [0.2, 0.25) is 0 Å². The Balaban J connectivity index is 2.97. The molecule has 0 saturated heterocycles. The number of alkyl halides is 2. The van der Waals surface area contributed by atoms with E-state index in [0.717, 1.165) is 11.1 Å². The van der Waals surface area contributed by atoms with Gasteiger partial charge in [0.15, 0.2) is 0 Å². The van der Waals surface area contributed by atoms with Crippen molar-refractivity contribution in [1.82, 2.24) is 0 Å². The van der Waals surface area contributed by atoms with Crippen molar-refractivity contribution < 1.29 is 18.7 Å². The van der Waals surface area contributed by atoms with Crippen molar-refractivity contribution in [3.05, 3.63) is 34.9 Å². The molecule has 0 unspecified atom stereocenters. The standard InChI is InChI=1S/C15H20F2O2/c1-10-5-6-12(7-11(10)2)15(16,17)9-14(3,4)8-13(18)19/h5-7H,8-9H2,1-4H3,(H,18,19). The summed E-state index contributed by atoms with van der Waals surface area (Å²) in [5.41, 5.74) is 0.778. The minimum absolute atomic E-state index is 0.0472. The van der Waals surface area contributed by atoms with Crippen LogP contribution in [0.3, 0.4) is 0 Å². The van der Waals surface area contributed by atoms with E-state index in [1.165, 1.54) is 12.1 Å². The van der Waals surface area contributed by atoms with Crippen LogP contribution in [-0.4, -0.2) is 11.1 Å². The van der Waals surface area contributed by atoms with Gasteiger partial charge in [-0.05, 0) is 36.5 Å². The number of rotatable bonds is 5. The summed E-state index contributed by atoms with van der Waals surface area (Å²) in [5.74, 6) is -4.07. The van der Waals surface area contributed by atoms with Gasteiger partial charge in [-0.15, -0.1) is 0 Å². The Morgan fingerprint density at radius 1 is 1.21 bits per heavy atom. The van der Waals surface area contributed by atoms with E-state index >= 15 is 0 Å². The van der Waals surface area contributed by atoms with Gasteiger partial charge in [-0.1, -0.05) is 26.0 Å². The largest absolute Gasteiger partial charge is 0.481 e. The molecule has 106 valence electrons. The second-order valence-corrected chi connectivity index (χ2v) is 5.91. The molecule has 0 atom stereocenters. The van der Waals surface area contributed by atoms with E-state index in [1.54, 1.807) is 26.8 Å². The van der Waals surface area contributed by atoms with Gasteiger partial charge in [0.1, 0.15) is 0 Å². The Hall–Kier alpha value is -1.45. The molecule has 2 nitrogen and oxygen atoms in total. The Morgan fingerprint density at radius 2 is 1.79 bits per heavy atom. The number of aryl methyl sites for hydroxylation is 2. The molecular weight excluding hydrogens is 250 g/mol. The van der Waals surface area contributed by atoms with E-state index in [9.17, 15) is 13.6 Å². The predicted molar refractivity (Wildman–Crippen MR) is 70.5 cm³/mol. The fourth-order valence-corrected chi connectivity index (χ4v) is 2.14. The molecule has 0 spiro atoms. The van der Waals surface area contributed by atoms with Gasteiger partial charge in [-0.3, -0.25) is 4.79 Å². The quantitative estimate of drug-likeness (QED) is 0.866. The lowest BCUT2D eigenvalue weighted by molar-refractivity contribution is -0.140. The third-order valence-corrected chi connectivity index (χ3v) is 3.26. The summed E-state index contributed by atoms with van der Waals surface area (Å²) in [6.45, 7) is 6.76. The summed E-state index contributed by atoms with van der Waals surface area (Å²) in [6, 6.07) is 4.56. The van der Waals surface area contributed by atoms with E-state index in [-0.39, 0.29) is 12.0 Å². The van der Waals surface area contributed by atoms with E-state index in [4.69, 9.17) is 5.11 Å². The van der Waals surface area contributed by atoms with Gasteiger partial charge < -0.3 is 5.11 Å². The fraction of sp³-hybridized carbons (Fsp3) is 0.533. The second kappa shape index (κ2) is 5.27. The monoisotopic (exact) mass is 270 g/mol. The van der Waals surface area contributed by atoms with Crippen LogP contribution < -0.4 is 0 Å². The molecule has 0 amide bonds. The third kappa shape index (κ3) is 4.30. The van der Waals surface area contributed by atoms with Gasteiger partial charge in [0, 0.05) is 12.0 Å². The molecule has 0 heterocycles. The molecule has 1 N–H and O–H groups in total. The highest BCUT2D eigenvalue weighted by atomic mass is 19.3. The van der Waals surface area contributed by atoms with Crippen molar-refractivity contribution in [2.75, 3.05) is 0 Å². The highest BCUT2D eigenvalue weighted by Gasteiger charge is 2.39. The van der Waals surface area contributed by atoms with Gasteiger partial charge in [-0.2, -0.15) is 0 Å². The lowest BCUT2D eigenvalue weighted by Crippen LogP contribution is -2.26. The van der Waals surface area contributed by atoms with Crippen LogP contribution >= 0.6 is 0 Å². The first-order valence-electron chi connectivity index (χ1n) is 6.21. The van der Waals surface area contributed by atoms with Crippen molar-refractivity contribution in [2.45, 2.75) is 46.5 Å². The normalized spacial score (nSPS) is 12.5. The fourth-order valence-electron chi connectivity index (χ4n) is 2.14. The Kier molecular flexibility index (Phi) is 4.33. The molecule has 0 bridgehead atoms. The maximum absolute atomic E-state index is 14.2. The van der Waals surface area contributed by atoms with Gasteiger partial charge >= 0.3 is 5.97 Å². The molecule has 0 radical (unpaired) electrons. The van der Waals surface area contributed by atoms with Crippen LogP contribution in [0.4, 0.5) is 8.78 Å². The lowest BCUT2D eigenvalue weighted by Gasteiger charge is -2.28. The van der Waals surface area contributed by atoms with Crippen LogP contribution in [-0.2, 0) is 10.7 Å². The first-order chi connectivity index (χ1) is 8.53. The Morgan fingerprint density at radius 3 is 2.26 bits per heavy atom. The summed E-state index contributed by atoms with van der Waals surface area (Å²) in [6.07, 6.45) is -0.748. The number of halogens is 2. The molecule has 4 heteroatoms. The average molecular weight is 270 g/mol. The highest BCUT2D eigenvalue weighted by Crippen LogP contribution is 2.41. The number of carboxylic acid groups (broad SMARTS) is 1. The summed E-state index contributed by atoms with van der Waals surface area (Å²) in [5, 5.41) is 8.75. The molecule has 1 aromatic rings. The van der Waals surface area contributed by atoms with Crippen LogP contribution in [0.25, 0.3) is 0 Å². The smallest absolute Gasteiger partial charge is 0.303 e. The summed E-state index contributed by atoms with van der Waals surface area (Å²) >= 11 is 0. The number of hydrogen-bond donors (Lipinski definition) is 1. The minimum Gasteiger partial charge on any atom is -0.481 e. The van der Waals surface area contributed by atoms with Gasteiger partial charge in [0.05, 0.1) is 6.42 Å². The van der Waals surface area contributed by atoms with Crippen LogP contribution in [0.15, 0.2) is 18.2 Å². The van der Waals surface area contributed by atoms with E-state index in [2.05, 4.69) is 0 Å². The van der Waals surface area contributed by atoms with Gasteiger partial charge in [0.25, 0.3) is 5.92 Å². The van der Waals surface area contributed by atoms with Crippen molar-refractivity contribution in [2.24, 2.45) is 5.41 Å². The SMILES string of the molecule is Cc1ccc(C(F)(F)CC(C)(C)CC(=O)O)cc1C. The molecule has 0 aromatic heterocycles. The number of carboxylic acids is 1. The predicted octanol–water partition coefficient (Wildman–Crippen LogP) is 4.29. The summed E-state index contributed by atoms with van der Waals surface area (Å²) in [7, 11) is 0. The van der Waals surface area contributed by atoms with Crippen LogP contribution in [0.5, 0.6) is 0 Å². The maximum Gasteiger partial charge on any atom is 0.303 e. The Bertz CT molecular complexity index is 479. The molecule has 0 saturated carbocycles. The highest BCUT2D eigenvalue weighted by molar-refractivity contribution is 5.67. The lowest BCUT2D eigenvalue weighted by atomic mass is 9.81. The van der Waals surface area contributed by atoms with Crippen molar-refractivity contribution >= 4 is 5.97 Å². The maximum atomic E-state index is 14.2. The molecule has 1 rings (SSSR count). The van der Waals surface area contributed by atoms with Crippen molar-refractivity contribution in [3.63, 3.8) is 0 Å². The summed E-state index contributed by atoms with van der Waals surface area (Å²) in [4.78, 5) is 10.7. The topological polar surface area (TPSA) is 37.3 Å². The van der Waals surface area contributed by atoms with Crippen LogP contribution in [0.2, 0.25) is 0 Å². The van der Waals surface area contributed by atoms with Crippen molar-refractivity contribution in [1.29, 1.82) is 0 Å². The number of hydrogen-bond acceptors (Lipinski definition) is 1. The third-order valence-electron chi connectivity index (χ3n) is 3.26. The zero-order valence-corrected chi connectivity index (χ0v) is 11.8. The number of carbonyl (C=O) groups is 1. The van der Waals surface area contributed by atoms with E-state index in [1.807, 2.05) is 6.92 Å². The molecule has 0 aliphatic carbocycles. The molecular formula is C15H20F2O2. The van der Waals surface area contributed by atoms with Gasteiger partial charge in [-0.25, -0.2) is 8.78 Å². The van der Waals surface area contributed by atoms with E-state index in [0.29, 0.717) is 0 Å². The molecule has 1 aromatic carbocycles. The first kappa shape index (κ1) is 15.6. The minimum atomic E-state index is -3.02. The molecule has 0 aliphatic rings. The summed E-state index contributed by atoms with van der Waals surface area (Å²) < 4.78 is 28.4. The molecule has 0 fully saturated rings. The van der Waals surface area contributed by atoms with Crippen LogP contribution in [0.1, 0.15) is 43.4 Å².